The standard InChI is InChI=1S/C25H25N3O3/c1-4-16(2)23-26-14-19(28(23)15-17-9-11-18(12-10-17)25(30)31)13-21-20-7-5-6-8-22(20)27(3)24(21)29/h5-14,16H,4,15H2,1-3H3,(H,30,31). The number of nitrogens with zero attached hydrogens (tertiary/aromatic N) is 3. The molecule has 0 bridgehead atoms. The van der Waals surface area contributed by atoms with E-state index in [1.165, 1.54) is 0 Å². The molecule has 0 spiro atoms. The maximum atomic E-state index is 12.9. The van der Waals surface area contributed by atoms with E-state index in [0.29, 0.717) is 12.1 Å². The number of carbonyl (C=O) groups excluding carboxylic acids is 1. The molecule has 1 aliphatic rings. The number of hydrogen-bond donors (Lipinski definition) is 1. The minimum atomic E-state index is -0.942. The van der Waals surface area contributed by atoms with E-state index in [-0.39, 0.29) is 17.4 Å². The number of carboxylic acid groups (broad SMARTS) is 1. The van der Waals surface area contributed by atoms with Crippen molar-refractivity contribution in [3.8, 4) is 0 Å². The van der Waals surface area contributed by atoms with E-state index in [1.54, 1.807) is 24.1 Å². The van der Waals surface area contributed by atoms with Gasteiger partial charge in [0.25, 0.3) is 5.91 Å². The lowest BCUT2D eigenvalue weighted by Crippen LogP contribution is -2.20. The topological polar surface area (TPSA) is 75.4 Å². The normalized spacial score (nSPS) is 15.4. The molecule has 1 unspecified atom stereocenters. The first-order valence-corrected chi connectivity index (χ1v) is 10.4. The quantitative estimate of drug-likeness (QED) is 0.594. The number of benzene rings is 2. The van der Waals surface area contributed by atoms with Crippen LogP contribution in [0.15, 0.2) is 54.7 Å². The highest BCUT2D eigenvalue weighted by Crippen LogP contribution is 2.36. The molecule has 1 aromatic heterocycles. The molecule has 1 N–H and O–H groups in total. The molecule has 0 radical (unpaired) electrons. The first-order valence-electron chi connectivity index (χ1n) is 10.4. The molecule has 0 aliphatic carbocycles. The van der Waals surface area contributed by atoms with Crippen molar-refractivity contribution in [1.82, 2.24) is 9.55 Å². The maximum Gasteiger partial charge on any atom is 0.335 e. The number of imidazole rings is 1. The largest absolute Gasteiger partial charge is 0.478 e. The van der Waals surface area contributed by atoms with Gasteiger partial charge in [-0.1, -0.05) is 44.2 Å². The van der Waals surface area contributed by atoms with Gasteiger partial charge >= 0.3 is 5.97 Å². The molecule has 31 heavy (non-hydrogen) atoms. The van der Waals surface area contributed by atoms with Crippen LogP contribution >= 0.6 is 0 Å². The third kappa shape index (κ3) is 3.77. The van der Waals surface area contributed by atoms with Crippen LogP contribution in [-0.2, 0) is 11.3 Å². The zero-order valence-corrected chi connectivity index (χ0v) is 17.9. The number of rotatable bonds is 6. The molecule has 6 nitrogen and oxygen atoms in total. The summed E-state index contributed by atoms with van der Waals surface area (Å²) in [5.41, 5.74) is 4.55. The molecular formula is C25H25N3O3. The monoisotopic (exact) mass is 415 g/mol. The van der Waals surface area contributed by atoms with E-state index in [0.717, 1.165) is 34.8 Å². The Bertz CT molecular complexity index is 1170. The van der Waals surface area contributed by atoms with Gasteiger partial charge in [-0.3, -0.25) is 4.79 Å². The fourth-order valence-corrected chi connectivity index (χ4v) is 3.89. The second-order valence-electron chi connectivity index (χ2n) is 7.88. The van der Waals surface area contributed by atoms with Gasteiger partial charge in [0.2, 0.25) is 0 Å². The minimum Gasteiger partial charge on any atom is -0.478 e. The zero-order valence-electron chi connectivity index (χ0n) is 17.9. The van der Waals surface area contributed by atoms with Crippen molar-refractivity contribution >= 4 is 29.2 Å². The van der Waals surface area contributed by atoms with Crippen LogP contribution in [0.25, 0.3) is 11.6 Å². The van der Waals surface area contributed by atoms with Gasteiger partial charge in [-0.05, 0) is 36.3 Å². The van der Waals surface area contributed by atoms with Crippen molar-refractivity contribution in [2.75, 3.05) is 11.9 Å². The summed E-state index contributed by atoms with van der Waals surface area (Å²) in [7, 11) is 1.79. The van der Waals surface area contributed by atoms with Crippen LogP contribution in [0.3, 0.4) is 0 Å². The summed E-state index contributed by atoms with van der Waals surface area (Å²) in [6, 6.07) is 14.6. The summed E-state index contributed by atoms with van der Waals surface area (Å²) in [6.07, 6.45) is 4.67. The molecule has 6 heteroatoms. The fraction of sp³-hybridized carbons (Fsp3) is 0.240. The van der Waals surface area contributed by atoms with Gasteiger partial charge in [0.05, 0.1) is 28.7 Å². The lowest BCUT2D eigenvalue weighted by atomic mass is 10.1. The summed E-state index contributed by atoms with van der Waals surface area (Å²) >= 11 is 0. The van der Waals surface area contributed by atoms with E-state index in [9.17, 15) is 9.59 Å². The van der Waals surface area contributed by atoms with Crippen LogP contribution in [0, 0.1) is 0 Å². The molecule has 2 heterocycles. The minimum absolute atomic E-state index is 0.0372. The Morgan fingerprint density at radius 2 is 1.87 bits per heavy atom. The molecule has 1 atom stereocenters. The summed E-state index contributed by atoms with van der Waals surface area (Å²) in [4.78, 5) is 30.4. The fourth-order valence-electron chi connectivity index (χ4n) is 3.89. The Kier molecular flexibility index (Phi) is 5.46. The summed E-state index contributed by atoms with van der Waals surface area (Å²) in [5.74, 6) is 0.218. The number of carbonyl (C=O) groups is 2. The molecule has 1 aliphatic heterocycles. The molecule has 0 fully saturated rings. The van der Waals surface area contributed by atoms with Gasteiger partial charge in [0.1, 0.15) is 5.82 Å². The summed E-state index contributed by atoms with van der Waals surface area (Å²) in [6.45, 7) is 4.80. The number of anilines is 1. The molecule has 0 saturated carbocycles. The molecule has 4 rings (SSSR count). The van der Waals surface area contributed by atoms with E-state index in [2.05, 4.69) is 23.4 Å². The van der Waals surface area contributed by atoms with E-state index < -0.39 is 5.97 Å². The van der Waals surface area contributed by atoms with Gasteiger partial charge in [-0.25, -0.2) is 9.78 Å². The number of aromatic carboxylic acids is 1. The highest BCUT2D eigenvalue weighted by atomic mass is 16.4. The first kappa shape index (κ1) is 20.6. The van der Waals surface area contributed by atoms with Crippen molar-refractivity contribution < 1.29 is 14.7 Å². The van der Waals surface area contributed by atoms with Gasteiger partial charge in [-0.15, -0.1) is 0 Å². The van der Waals surface area contributed by atoms with Gasteiger partial charge < -0.3 is 14.6 Å². The second kappa shape index (κ2) is 8.22. The SMILES string of the molecule is CCC(C)c1ncc(C=C2C(=O)N(C)c3ccccc32)n1Cc1ccc(C(=O)O)cc1. The van der Waals surface area contributed by atoms with Crippen molar-refractivity contribution in [3.05, 3.63) is 82.9 Å². The van der Waals surface area contributed by atoms with Crippen LogP contribution < -0.4 is 4.90 Å². The highest BCUT2D eigenvalue weighted by Gasteiger charge is 2.29. The van der Waals surface area contributed by atoms with Gasteiger partial charge in [0, 0.05) is 25.1 Å². The third-order valence-electron chi connectivity index (χ3n) is 5.89. The number of carboxylic acids is 1. The van der Waals surface area contributed by atoms with Crippen LogP contribution in [0.2, 0.25) is 0 Å². The number of aromatic nitrogens is 2. The molecular weight excluding hydrogens is 390 g/mol. The first-order chi connectivity index (χ1) is 14.9. The van der Waals surface area contributed by atoms with Crippen LogP contribution in [-0.4, -0.2) is 33.6 Å². The predicted molar refractivity (Wildman–Crippen MR) is 121 cm³/mol. The average molecular weight is 415 g/mol. The zero-order chi connectivity index (χ0) is 22.1. The van der Waals surface area contributed by atoms with Crippen molar-refractivity contribution in [3.63, 3.8) is 0 Å². The highest BCUT2D eigenvalue weighted by molar-refractivity contribution is 6.35. The lowest BCUT2D eigenvalue weighted by molar-refractivity contribution is -0.112. The molecule has 0 saturated heterocycles. The number of para-hydroxylation sites is 1. The molecule has 3 aromatic rings. The number of amides is 1. The van der Waals surface area contributed by atoms with Crippen molar-refractivity contribution in [1.29, 1.82) is 0 Å². The maximum absolute atomic E-state index is 12.9. The van der Waals surface area contributed by atoms with E-state index in [1.807, 2.05) is 48.7 Å². The third-order valence-corrected chi connectivity index (χ3v) is 5.89. The predicted octanol–water partition coefficient (Wildman–Crippen LogP) is 4.66. The molecule has 158 valence electrons. The van der Waals surface area contributed by atoms with Crippen LogP contribution in [0.1, 0.15) is 59.2 Å². The van der Waals surface area contributed by atoms with Crippen LogP contribution in [0.4, 0.5) is 5.69 Å². The van der Waals surface area contributed by atoms with Gasteiger partial charge in [0.15, 0.2) is 0 Å². The summed E-state index contributed by atoms with van der Waals surface area (Å²) in [5, 5.41) is 9.15. The Hall–Kier alpha value is -3.67. The number of fused-ring (bicyclic) bond motifs is 1. The van der Waals surface area contributed by atoms with E-state index >= 15 is 0 Å². The van der Waals surface area contributed by atoms with Crippen molar-refractivity contribution in [2.24, 2.45) is 0 Å². The van der Waals surface area contributed by atoms with Crippen LogP contribution in [0.5, 0.6) is 0 Å². The van der Waals surface area contributed by atoms with E-state index in [4.69, 9.17) is 5.11 Å². The lowest BCUT2D eigenvalue weighted by Gasteiger charge is -2.15. The smallest absolute Gasteiger partial charge is 0.335 e. The number of likely N-dealkylation sites (N-methyl/N-ethyl adjacent to an activating group) is 1. The Labute approximate surface area is 181 Å². The van der Waals surface area contributed by atoms with Crippen molar-refractivity contribution in [2.45, 2.75) is 32.7 Å². The summed E-state index contributed by atoms with van der Waals surface area (Å²) < 4.78 is 2.12. The Morgan fingerprint density at radius 1 is 1.16 bits per heavy atom. The molecule has 2 aromatic carbocycles. The second-order valence-corrected chi connectivity index (χ2v) is 7.88. The molecule has 1 amide bonds. The number of hydrogen-bond acceptors (Lipinski definition) is 3. The van der Waals surface area contributed by atoms with Gasteiger partial charge in [-0.2, -0.15) is 0 Å². The Balaban J connectivity index is 1.77. The average Bonchev–Trinajstić information content (AvgIpc) is 3.28. The Morgan fingerprint density at radius 3 is 2.55 bits per heavy atom.